The summed E-state index contributed by atoms with van der Waals surface area (Å²) < 4.78 is 4.96. The zero-order valence-electron chi connectivity index (χ0n) is 5.93. The van der Waals surface area contributed by atoms with Crippen molar-refractivity contribution in [2.24, 2.45) is 0 Å². The molecule has 1 aromatic heterocycles. The number of hydrogen-bond donors (Lipinski definition) is 0. The SMILES string of the molecule is CCCCc1cc(Cl)sn1. The van der Waals surface area contributed by atoms with Gasteiger partial charge in [0.15, 0.2) is 0 Å². The molecule has 0 aliphatic carbocycles. The summed E-state index contributed by atoms with van der Waals surface area (Å²) in [5, 5.41) is 0. The highest BCUT2D eigenvalue weighted by atomic mass is 35.5. The molecule has 0 amide bonds. The third-order valence-corrected chi connectivity index (χ3v) is 2.25. The van der Waals surface area contributed by atoms with Crippen molar-refractivity contribution in [1.82, 2.24) is 4.37 Å². The largest absolute Gasteiger partial charge is 0.196 e. The molecule has 1 rings (SSSR count). The second-order valence-electron chi connectivity index (χ2n) is 2.23. The molecule has 0 bridgehead atoms. The zero-order valence-corrected chi connectivity index (χ0v) is 7.50. The van der Waals surface area contributed by atoms with Gasteiger partial charge in [-0.25, -0.2) is 0 Å². The van der Waals surface area contributed by atoms with E-state index in [0.717, 1.165) is 16.5 Å². The van der Waals surface area contributed by atoms with Gasteiger partial charge in [0.25, 0.3) is 0 Å². The molecule has 0 spiro atoms. The van der Waals surface area contributed by atoms with Gasteiger partial charge >= 0.3 is 0 Å². The number of unbranched alkanes of at least 4 members (excludes halogenated alkanes) is 1. The van der Waals surface area contributed by atoms with Gasteiger partial charge in [-0.15, -0.1) is 0 Å². The van der Waals surface area contributed by atoms with Crippen LogP contribution < -0.4 is 0 Å². The second-order valence-corrected chi connectivity index (χ2v) is 3.66. The zero-order chi connectivity index (χ0) is 7.40. The third kappa shape index (κ3) is 2.27. The summed E-state index contributed by atoms with van der Waals surface area (Å²) >= 11 is 7.07. The maximum absolute atomic E-state index is 5.70. The maximum atomic E-state index is 5.70. The minimum absolute atomic E-state index is 0.797. The van der Waals surface area contributed by atoms with E-state index in [0.29, 0.717) is 0 Å². The Labute approximate surface area is 70.2 Å². The van der Waals surface area contributed by atoms with Crippen LogP contribution in [-0.4, -0.2) is 4.37 Å². The average Bonchev–Trinajstić information content (AvgIpc) is 2.31. The minimum Gasteiger partial charge on any atom is -0.196 e. The van der Waals surface area contributed by atoms with Gasteiger partial charge in [0.05, 0.1) is 5.69 Å². The Morgan fingerprint density at radius 3 is 3.00 bits per heavy atom. The molecular weight excluding hydrogens is 166 g/mol. The summed E-state index contributed by atoms with van der Waals surface area (Å²) in [6.07, 6.45) is 3.49. The molecule has 0 aliphatic rings. The van der Waals surface area contributed by atoms with E-state index < -0.39 is 0 Å². The fourth-order valence-electron chi connectivity index (χ4n) is 0.762. The molecular formula is C7H10ClNS. The number of rotatable bonds is 3. The minimum atomic E-state index is 0.797. The van der Waals surface area contributed by atoms with E-state index in [4.69, 9.17) is 11.6 Å². The van der Waals surface area contributed by atoms with Crippen LogP contribution >= 0.6 is 23.1 Å². The van der Waals surface area contributed by atoms with Crippen LogP contribution in [0.2, 0.25) is 4.34 Å². The molecule has 0 saturated heterocycles. The van der Waals surface area contributed by atoms with Crippen LogP contribution in [0.15, 0.2) is 6.07 Å². The Morgan fingerprint density at radius 2 is 2.50 bits per heavy atom. The van der Waals surface area contributed by atoms with Gasteiger partial charge in [0.2, 0.25) is 0 Å². The Balaban J connectivity index is 2.42. The van der Waals surface area contributed by atoms with E-state index >= 15 is 0 Å². The lowest BCUT2D eigenvalue weighted by Gasteiger charge is -1.89. The fourth-order valence-corrected chi connectivity index (χ4v) is 1.53. The van der Waals surface area contributed by atoms with Crippen molar-refractivity contribution in [3.63, 3.8) is 0 Å². The van der Waals surface area contributed by atoms with Crippen LogP contribution in [0.5, 0.6) is 0 Å². The number of aromatic nitrogens is 1. The van der Waals surface area contributed by atoms with Crippen molar-refractivity contribution in [3.8, 4) is 0 Å². The Kier molecular flexibility index (Phi) is 3.16. The van der Waals surface area contributed by atoms with E-state index in [2.05, 4.69) is 11.3 Å². The lowest BCUT2D eigenvalue weighted by atomic mass is 10.2. The molecule has 0 saturated carbocycles. The molecule has 0 aromatic carbocycles. The van der Waals surface area contributed by atoms with Crippen LogP contribution in [0.4, 0.5) is 0 Å². The Bertz CT molecular complexity index is 197. The van der Waals surface area contributed by atoms with E-state index in [1.807, 2.05) is 6.07 Å². The molecule has 0 N–H and O–H groups in total. The first-order chi connectivity index (χ1) is 4.83. The number of hydrogen-bond acceptors (Lipinski definition) is 2. The summed E-state index contributed by atoms with van der Waals surface area (Å²) in [6.45, 7) is 2.17. The Hall–Kier alpha value is -0.0800. The van der Waals surface area contributed by atoms with Gasteiger partial charge in [0, 0.05) is 0 Å². The quantitative estimate of drug-likeness (QED) is 0.688. The van der Waals surface area contributed by atoms with Crippen molar-refractivity contribution < 1.29 is 0 Å². The van der Waals surface area contributed by atoms with E-state index in [1.165, 1.54) is 24.4 Å². The van der Waals surface area contributed by atoms with Gasteiger partial charge in [-0.3, -0.25) is 0 Å². The molecule has 0 radical (unpaired) electrons. The summed E-state index contributed by atoms with van der Waals surface area (Å²) in [6, 6.07) is 1.95. The van der Waals surface area contributed by atoms with Crippen LogP contribution in [-0.2, 0) is 6.42 Å². The average molecular weight is 176 g/mol. The van der Waals surface area contributed by atoms with E-state index in [-0.39, 0.29) is 0 Å². The van der Waals surface area contributed by atoms with E-state index in [1.54, 1.807) is 0 Å². The standard InChI is InChI=1S/C7H10ClNS/c1-2-3-4-6-5-7(8)10-9-6/h5H,2-4H2,1H3. The number of halogens is 1. The normalized spacial score (nSPS) is 10.2. The Morgan fingerprint density at radius 1 is 1.70 bits per heavy atom. The molecule has 0 atom stereocenters. The lowest BCUT2D eigenvalue weighted by molar-refractivity contribution is 0.784. The summed E-state index contributed by atoms with van der Waals surface area (Å²) in [7, 11) is 0. The molecule has 0 aliphatic heterocycles. The topological polar surface area (TPSA) is 12.9 Å². The van der Waals surface area contributed by atoms with Crippen molar-refractivity contribution in [3.05, 3.63) is 16.1 Å². The predicted octanol–water partition coefficient (Wildman–Crippen LogP) is 3.14. The van der Waals surface area contributed by atoms with Gasteiger partial charge in [-0.05, 0) is 30.4 Å². The summed E-state index contributed by atoms with van der Waals surface area (Å²) in [5.41, 5.74) is 1.14. The van der Waals surface area contributed by atoms with Crippen molar-refractivity contribution in [2.45, 2.75) is 26.2 Å². The summed E-state index contributed by atoms with van der Waals surface area (Å²) in [4.78, 5) is 0. The second kappa shape index (κ2) is 3.94. The van der Waals surface area contributed by atoms with Crippen LogP contribution in [0.25, 0.3) is 0 Å². The van der Waals surface area contributed by atoms with E-state index in [9.17, 15) is 0 Å². The molecule has 0 fully saturated rings. The van der Waals surface area contributed by atoms with Crippen molar-refractivity contribution in [2.75, 3.05) is 0 Å². The maximum Gasteiger partial charge on any atom is 0.114 e. The molecule has 1 aromatic rings. The molecule has 56 valence electrons. The monoisotopic (exact) mass is 175 g/mol. The van der Waals surface area contributed by atoms with Gasteiger partial charge < -0.3 is 0 Å². The molecule has 10 heavy (non-hydrogen) atoms. The first kappa shape index (κ1) is 8.02. The van der Waals surface area contributed by atoms with Gasteiger partial charge in [0.1, 0.15) is 4.34 Å². The summed E-state index contributed by atoms with van der Waals surface area (Å²) in [5.74, 6) is 0. The first-order valence-corrected chi connectivity index (χ1v) is 4.59. The van der Waals surface area contributed by atoms with Crippen LogP contribution in [0.1, 0.15) is 25.5 Å². The highest BCUT2D eigenvalue weighted by molar-refractivity contribution is 7.10. The van der Waals surface area contributed by atoms with Gasteiger partial charge in [-0.2, -0.15) is 4.37 Å². The molecule has 0 unspecified atom stereocenters. The molecule has 1 nitrogen and oxygen atoms in total. The molecule has 3 heteroatoms. The predicted molar refractivity (Wildman–Crippen MR) is 45.7 cm³/mol. The fraction of sp³-hybridized carbons (Fsp3) is 0.571. The lowest BCUT2D eigenvalue weighted by Crippen LogP contribution is -1.81. The highest BCUT2D eigenvalue weighted by Crippen LogP contribution is 2.16. The van der Waals surface area contributed by atoms with Gasteiger partial charge in [-0.1, -0.05) is 24.9 Å². The third-order valence-electron chi connectivity index (χ3n) is 1.32. The molecule has 1 heterocycles. The number of aryl methyl sites for hydroxylation is 1. The number of nitrogens with zero attached hydrogens (tertiary/aromatic N) is 1. The van der Waals surface area contributed by atoms with Crippen LogP contribution in [0.3, 0.4) is 0 Å². The first-order valence-electron chi connectivity index (χ1n) is 3.44. The van der Waals surface area contributed by atoms with Crippen molar-refractivity contribution in [1.29, 1.82) is 0 Å². The smallest absolute Gasteiger partial charge is 0.114 e. The van der Waals surface area contributed by atoms with Crippen LogP contribution in [0, 0.1) is 0 Å². The van der Waals surface area contributed by atoms with Crippen molar-refractivity contribution >= 4 is 23.1 Å². The highest BCUT2D eigenvalue weighted by Gasteiger charge is 1.97.